The Kier molecular flexibility index (Phi) is 5.72. The van der Waals surface area contributed by atoms with Gasteiger partial charge in [-0.25, -0.2) is 13.6 Å². The predicted molar refractivity (Wildman–Crippen MR) is 82.0 cm³/mol. The van der Waals surface area contributed by atoms with Crippen LogP contribution in [0.5, 0.6) is 5.75 Å². The van der Waals surface area contributed by atoms with Gasteiger partial charge in [0, 0.05) is 0 Å². The summed E-state index contributed by atoms with van der Waals surface area (Å²) in [5.41, 5.74) is 0.231. The number of sulfonamides is 1. The SMILES string of the molecule is CC(C)(C)CCCOc1c(Cl)cc(S(N)(=O)=O)cc1Cl. The average molecular weight is 340 g/mol. The van der Waals surface area contributed by atoms with Crippen molar-refractivity contribution in [2.45, 2.75) is 38.5 Å². The van der Waals surface area contributed by atoms with E-state index in [2.05, 4.69) is 20.8 Å². The standard InChI is InChI=1S/C13H19Cl2NO3S/c1-13(2,3)5-4-6-19-12-10(14)7-9(8-11(12)15)20(16,17)18/h7-8H,4-6H2,1-3H3,(H2,16,17,18). The molecule has 0 aliphatic carbocycles. The molecule has 0 saturated carbocycles. The molecule has 0 atom stereocenters. The molecule has 0 heterocycles. The molecule has 0 unspecified atom stereocenters. The van der Waals surface area contributed by atoms with E-state index >= 15 is 0 Å². The highest BCUT2D eigenvalue weighted by molar-refractivity contribution is 7.89. The van der Waals surface area contributed by atoms with Gasteiger partial charge in [0.2, 0.25) is 10.0 Å². The fourth-order valence-corrected chi connectivity index (χ4v) is 2.91. The lowest BCUT2D eigenvalue weighted by Crippen LogP contribution is -2.12. The summed E-state index contributed by atoms with van der Waals surface area (Å²) in [6.45, 7) is 6.90. The molecule has 1 rings (SSSR count). The lowest BCUT2D eigenvalue weighted by molar-refractivity contribution is 0.269. The van der Waals surface area contributed by atoms with Gasteiger partial charge in [0.15, 0.2) is 5.75 Å². The molecule has 0 aliphatic heterocycles. The number of primary sulfonamides is 1. The zero-order valence-electron chi connectivity index (χ0n) is 11.7. The summed E-state index contributed by atoms with van der Waals surface area (Å²) in [6, 6.07) is 2.48. The van der Waals surface area contributed by atoms with E-state index < -0.39 is 10.0 Å². The molecule has 0 amide bonds. The van der Waals surface area contributed by atoms with Crippen LogP contribution in [0.2, 0.25) is 10.0 Å². The third-order valence-corrected chi connectivity index (χ3v) is 4.07. The number of nitrogens with two attached hydrogens (primary N) is 1. The van der Waals surface area contributed by atoms with Gasteiger partial charge in [-0.3, -0.25) is 0 Å². The van der Waals surface area contributed by atoms with Crippen molar-refractivity contribution in [2.24, 2.45) is 10.6 Å². The fraction of sp³-hybridized carbons (Fsp3) is 0.538. The maximum absolute atomic E-state index is 11.2. The summed E-state index contributed by atoms with van der Waals surface area (Å²) < 4.78 is 28.0. The second-order valence-corrected chi connectivity index (χ2v) is 8.15. The summed E-state index contributed by atoms with van der Waals surface area (Å²) in [6.07, 6.45) is 1.85. The molecule has 1 aromatic carbocycles. The van der Waals surface area contributed by atoms with Gasteiger partial charge in [0.05, 0.1) is 21.5 Å². The Morgan fingerprint density at radius 3 is 2.10 bits per heavy atom. The molecule has 0 saturated heterocycles. The van der Waals surface area contributed by atoms with Gasteiger partial charge in [-0.2, -0.15) is 0 Å². The molecule has 114 valence electrons. The highest BCUT2D eigenvalue weighted by Gasteiger charge is 2.16. The highest BCUT2D eigenvalue weighted by Crippen LogP contribution is 2.35. The van der Waals surface area contributed by atoms with Gasteiger partial charge in [0.25, 0.3) is 0 Å². The third kappa shape index (κ3) is 5.48. The molecular formula is C13H19Cl2NO3S. The van der Waals surface area contributed by atoms with E-state index in [0.717, 1.165) is 12.8 Å². The van der Waals surface area contributed by atoms with E-state index in [-0.39, 0.29) is 26.1 Å². The number of rotatable bonds is 5. The Bertz CT molecular complexity index is 557. The Morgan fingerprint density at radius 1 is 1.20 bits per heavy atom. The number of benzene rings is 1. The van der Waals surface area contributed by atoms with Crippen LogP contribution in [0.1, 0.15) is 33.6 Å². The monoisotopic (exact) mass is 339 g/mol. The van der Waals surface area contributed by atoms with Crippen LogP contribution in [0.3, 0.4) is 0 Å². The molecule has 7 heteroatoms. The first kappa shape index (κ1) is 17.6. The zero-order chi connectivity index (χ0) is 15.6. The van der Waals surface area contributed by atoms with Crippen molar-refractivity contribution in [1.29, 1.82) is 0 Å². The fourth-order valence-electron chi connectivity index (χ4n) is 1.62. The van der Waals surface area contributed by atoms with E-state index in [1.54, 1.807) is 0 Å². The van der Waals surface area contributed by atoms with Gasteiger partial charge in [-0.15, -0.1) is 0 Å². The lowest BCUT2D eigenvalue weighted by atomic mass is 9.91. The van der Waals surface area contributed by atoms with Crippen LogP contribution in [-0.4, -0.2) is 15.0 Å². The molecule has 20 heavy (non-hydrogen) atoms. The minimum atomic E-state index is -3.83. The number of halogens is 2. The predicted octanol–water partition coefficient (Wildman–Crippen LogP) is 3.85. The average Bonchev–Trinajstić information content (AvgIpc) is 2.23. The smallest absolute Gasteiger partial charge is 0.238 e. The Hall–Kier alpha value is -0.490. The van der Waals surface area contributed by atoms with Gasteiger partial charge in [-0.1, -0.05) is 44.0 Å². The number of hydrogen-bond acceptors (Lipinski definition) is 3. The first-order chi connectivity index (χ1) is 9.00. The normalized spacial score (nSPS) is 12.5. The molecule has 4 nitrogen and oxygen atoms in total. The highest BCUT2D eigenvalue weighted by atomic mass is 35.5. The molecule has 2 N–H and O–H groups in total. The Balaban J connectivity index is 2.78. The molecule has 0 bridgehead atoms. The van der Waals surface area contributed by atoms with E-state index in [1.807, 2.05) is 0 Å². The van der Waals surface area contributed by atoms with Crippen molar-refractivity contribution in [3.05, 3.63) is 22.2 Å². The lowest BCUT2D eigenvalue weighted by Gasteiger charge is -2.18. The maximum Gasteiger partial charge on any atom is 0.238 e. The van der Waals surface area contributed by atoms with Gasteiger partial charge in [0.1, 0.15) is 0 Å². The number of ether oxygens (including phenoxy) is 1. The van der Waals surface area contributed by atoms with Crippen LogP contribution in [0.4, 0.5) is 0 Å². The maximum atomic E-state index is 11.2. The molecule has 0 spiro atoms. The van der Waals surface area contributed by atoms with Crippen molar-refractivity contribution in [3.63, 3.8) is 0 Å². The molecular weight excluding hydrogens is 321 g/mol. The molecule has 1 aromatic rings. The topological polar surface area (TPSA) is 69.4 Å². The summed E-state index contributed by atoms with van der Waals surface area (Å²) >= 11 is 12.0. The van der Waals surface area contributed by atoms with E-state index in [9.17, 15) is 8.42 Å². The van der Waals surface area contributed by atoms with Crippen molar-refractivity contribution >= 4 is 33.2 Å². The third-order valence-electron chi connectivity index (χ3n) is 2.62. The second kappa shape index (κ2) is 6.52. The minimum Gasteiger partial charge on any atom is -0.490 e. The van der Waals surface area contributed by atoms with Crippen LogP contribution < -0.4 is 9.88 Å². The molecule has 0 fully saturated rings. The number of hydrogen-bond donors (Lipinski definition) is 1. The molecule has 0 radical (unpaired) electrons. The van der Waals surface area contributed by atoms with Crippen LogP contribution in [0.15, 0.2) is 17.0 Å². The summed E-state index contributed by atoms with van der Waals surface area (Å²) in [5.74, 6) is 0.287. The largest absolute Gasteiger partial charge is 0.490 e. The van der Waals surface area contributed by atoms with E-state index in [1.165, 1.54) is 12.1 Å². The van der Waals surface area contributed by atoms with E-state index in [0.29, 0.717) is 6.61 Å². The van der Waals surface area contributed by atoms with Crippen molar-refractivity contribution in [2.75, 3.05) is 6.61 Å². The van der Waals surface area contributed by atoms with Gasteiger partial charge in [-0.05, 0) is 30.4 Å². The zero-order valence-corrected chi connectivity index (χ0v) is 14.1. The van der Waals surface area contributed by atoms with Crippen LogP contribution in [-0.2, 0) is 10.0 Å². The minimum absolute atomic E-state index is 0.130. The second-order valence-electron chi connectivity index (χ2n) is 5.77. The molecule has 0 aromatic heterocycles. The van der Waals surface area contributed by atoms with Crippen LogP contribution >= 0.6 is 23.2 Å². The van der Waals surface area contributed by atoms with Crippen molar-refractivity contribution < 1.29 is 13.2 Å². The van der Waals surface area contributed by atoms with E-state index in [4.69, 9.17) is 33.1 Å². The van der Waals surface area contributed by atoms with Crippen molar-refractivity contribution in [3.8, 4) is 5.75 Å². The summed E-state index contributed by atoms with van der Waals surface area (Å²) in [4.78, 5) is -0.130. The van der Waals surface area contributed by atoms with Crippen LogP contribution in [0, 0.1) is 5.41 Å². The first-order valence-corrected chi connectivity index (χ1v) is 8.45. The Morgan fingerprint density at radius 2 is 1.70 bits per heavy atom. The quantitative estimate of drug-likeness (QED) is 0.828. The summed E-state index contributed by atoms with van der Waals surface area (Å²) in [7, 11) is -3.83. The van der Waals surface area contributed by atoms with Crippen molar-refractivity contribution in [1.82, 2.24) is 0 Å². The summed E-state index contributed by atoms with van der Waals surface area (Å²) in [5, 5.41) is 5.30. The first-order valence-electron chi connectivity index (χ1n) is 6.15. The van der Waals surface area contributed by atoms with Gasteiger partial charge < -0.3 is 4.74 Å². The molecule has 0 aliphatic rings. The van der Waals surface area contributed by atoms with Crippen LogP contribution in [0.25, 0.3) is 0 Å². The Labute approximate surface area is 130 Å². The van der Waals surface area contributed by atoms with Gasteiger partial charge >= 0.3 is 0 Å².